The first-order chi connectivity index (χ1) is 9.47. The predicted octanol–water partition coefficient (Wildman–Crippen LogP) is 5.39. The monoisotopic (exact) mass is 308 g/mol. The molecule has 0 aliphatic rings. The van der Waals surface area contributed by atoms with Crippen LogP contribution in [-0.4, -0.2) is 5.11 Å². The van der Waals surface area contributed by atoms with Gasteiger partial charge in [0.25, 0.3) is 0 Å². The van der Waals surface area contributed by atoms with Crippen LogP contribution in [0.15, 0.2) is 42.5 Å². The van der Waals surface area contributed by atoms with E-state index >= 15 is 0 Å². The van der Waals surface area contributed by atoms with Gasteiger partial charge in [0, 0.05) is 16.5 Å². The molecular formula is C17H18Cl2O. The molecule has 0 radical (unpaired) electrons. The largest absolute Gasteiger partial charge is 0.388 e. The second-order valence-electron chi connectivity index (χ2n) is 5.28. The fraction of sp³-hybridized carbons (Fsp3) is 0.294. The molecule has 3 heteroatoms. The molecule has 2 aromatic carbocycles. The molecule has 0 saturated carbocycles. The normalized spacial score (nSPS) is 12.7. The van der Waals surface area contributed by atoms with Crippen molar-refractivity contribution in [2.75, 3.05) is 0 Å². The molecular weight excluding hydrogens is 291 g/mol. The van der Waals surface area contributed by atoms with E-state index in [1.807, 2.05) is 18.2 Å². The fourth-order valence-corrected chi connectivity index (χ4v) is 2.60. The van der Waals surface area contributed by atoms with E-state index in [4.69, 9.17) is 23.2 Å². The number of hydrogen-bond acceptors (Lipinski definition) is 1. The molecule has 1 atom stereocenters. The Morgan fingerprint density at radius 2 is 1.55 bits per heavy atom. The molecule has 2 rings (SSSR count). The van der Waals surface area contributed by atoms with E-state index in [0.717, 1.165) is 11.1 Å². The first-order valence-electron chi connectivity index (χ1n) is 6.69. The first-order valence-corrected chi connectivity index (χ1v) is 7.45. The lowest BCUT2D eigenvalue weighted by Gasteiger charge is -2.14. The summed E-state index contributed by atoms with van der Waals surface area (Å²) in [5, 5.41) is 11.5. The van der Waals surface area contributed by atoms with Gasteiger partial charge in [-0.25, -0.2) is 0 Å². The summed E-state index contributed by atoms with van der Waals surface area (Å²) in [6, 6.07) is 13.4. The maximum Gasteiger partial charge on any atom is 0.0830 e. The molecule has 0 amide bonds. The van der Waals surface area contributed by atoms with Crippen LogP contribution in [0.2, 0.25) is 10.0 Å². The molecule has 1 N–H and O–H groups in total. The summed E-state index contributed by atoms with van der Waals surface area (Å²) >= 11 is 12.0. The Hall–Kier alpha value is -1.02. The van der Waals surface area contributed by atoms with Crippen LogP contribution < -0.4 is 0 Å². The molecule has 1 nitrogen and oxygen atoms in total. The van der Waals surface area contributed by atoms with E-state index in [-0.39, 0.29) is 0 Å². The minimum atomic E-state index is -0.560. The van der Waals surface area contributed by atoms with Crippen LogP contribution in [-0.2, 0) is 6.42 Å². The molecule has 0 aromatic heterocycles. The molecule has 0 heterocycles. The number of aliphatic hydroxyl groups is 1. The van der Waals surface area contributed by atoms with Crippen LogP contribution >= 0.6 is 23.2 Å². The van der Waals surface area contributed by atoms with Crippen LogP contribution in [0.5, 0.6) is 0 Å². The van der Waals surface area contributed by atoms with Crippen molar-refractivity contribution in [1.82, 2.24) is 0 Å². The molecule has 0 bridgehead atoms. The Balaban J connectivity index is 2.13. The summed E-state index contributed by atoms with van der Waals surface area (Å²) in [6.07, 6.45) is -0.0771. The highest BCUT2D eigenvalue weighted by atomic mass is 35.5. The summed E-state index contributed by atoms with van der Waals surface area (Å²) in [6.45, 7) is 4.30. The Labute approximate surface area is 130 Å². The maximum absolute atomic E-state index is 10.3. The van der Waals surface area contributed by atoms with Gasteiger partial charge in [-0.3, -0.25) is 0 Å². The standard InChI is InChI=1S/C17H18Cl2O/c1-11(2)12-3-5-13(6-4-12)17(20)9-14-7-8-15(18)10-16(14)19/h3-8,10-11,17,20H,9H2,1-2H3. The second-order valence-corrected chi connectivity index (χ2v) is 6.12. The average Bonchev–Trinajstić information content (AvgIpc) is 2.42. The Morgan fingerprint density at radius 3 is 2.10 bits per heavy atom. The highest BCUT2D eigenvalue weighted by molar-refractivity contribution is 6.35. The molecule has 106 valence electrons. The topological polar surface area (TPSA) is 20.2 Å². The zero-order valence-corrected chi connectivity index (χ0v) is 13.1. The van der Waals surface area contributed by atoms with Gasteiger partial charge >= 0.3 is 0 Å². The van der Waals surface area contributed by atoms with Gasteiger partial charge < -0.3 is 5.11 Å². The number of halogens is 2. The van der Waals surface area contributed by atoms with Crippen LogP contribution in [0.1, 0.15) is 42.6 Å². The predicted molar refractivity (Wildman–Crippen MR) is 85.7 cm³/mol. The van der Waals surface area contributed by atoms with Crippen molar-refractivity contribution in [3.8, 4) is 0 Å². The molecule has 2 aromatic rings. The van der Waals surface area contributed by atoms with Crippen LogP contribution in [0.25, 0.3) is 0 Å². The van der Waals surface area contributed by atoms with E-state index in [1.54, 1.807) is 12.1 Å². The van der Waals surface area contributed by atoms with Crippen molar-refractivity contribution in [1.29, 1.82) is 0 Å². The molecule has 0 aliphatic heterocycles. The highest BCUT2D eigenvalue weighted by Crippen LogP contribution is 2.27. The number of rotatable bonds is 4. The Morgan fingerprint density at radius 1 is 0.950 bits per heavy atom. The van der Waals surface area contributed by atoms with Gasteiger partial charge in [0.05, 0.1) is 6.10 Å². The highest BCUT2D eigenvalue weighted by Gasteiger charge is 2.11. The lowest BCUT2D eigenvalue weighted by atomic mass is 9.97. The van der Waals surface area contributed by atoms with Gasteiger partial charge in [0.15, 0.2) is 0 Å². The molecule has 0 fully saturated rings. The van der Waals surface area contributed by atoms with E-state index in [2.05, 4.69) is 26.0 Å². The first kappa shape index (κ1) is 15.4. The van der Waals surface area contributed by atoms with Gasteiger partial charge in [0.1, 0.15) is 0 Å². The average molecular weight is 309 g/mol. The zero-order valence-electron chi connectivity index (χ0n) is 11.6. The van der Waals surface area contributed by atoms with Crippen molar-refractivity contribution in [3.05, 3.63) is 69.2 Å². The van der Waals surface area contributed by atoms with Gasteiger partial charge in [-0.1, -0.05) is 67.4 Å². The third kappa shape index (κ3) is 3.76. The van der Waals surface area contributed by atoms with Gasteiger partial charge in [-0.15, -0.1) is 0 Å². The molecule has 0 saturated heterocycles. The summed E-state index contributed by atoms with van der Waals surface area (Å²) < 4.78 is 0. The van der Waals surface area contributed by atoms with Crippen molar-refractivity contribution in [3.63, 3.8) is 0 Å². The summed E-state index contributed by atoms with van der Waals surface area (Å²) in [7, 11) is 0. The number of benzene rings is 2. The zero-order chi connectivity index (χ0) is 14.7. The minimum Gasteiger partial charge on any atom is -0.388 e. The van der Waals surface area contributed by atoms with Crippen molar-refractivity contribution in [2.45, 2.75) is 32.3 Å². The summed E-state index contributed by atoms with van der Waals surface area (Å²) in [5.74, 6) is 0.493. The smallest absolute Gasteiger partial charge is 0.0830 e. The quantitative estimate of drug-likeness (QED) is 0.802. The third-order valence-corrected chi connectivity index (χ3v) is 4.00. The van der Waals surface area contributed by atoms with Gasteiger partial charge in [0.2, 0.25) is 0 Å². The number of hydrogen-bond donors (Lipinski definition) is 1. The summed E-state index contributed by atoms with van der Waals surface area (Å²) in [5.41, 5.74) is 3.07. The fourth-order valence-electron chi connectivity index (χ4n) is 2.12. The molecule has 1 unspecified atom stereocenters. The molecule has 20 heavy (non-hydrogen) atoms. The van der Waals surface area contributed by atoms with E-state index < -0.39 is 6.10 Å². The number of aliphatic hydroxyl groups excluding tert-OH is 1. The maximum atomic E-state index is 10.3. The molecule has 0 spiro atoms. The minimum absolute atomic E-state index is 0.483. The Bertz CT molecular complexity index is 576. The summed E-state index contributed by atoms with van der Waals surface area (Å²) in [4.78, 5) is 0. The van der Waals surface area contributed by atoms with Crippen molar-refractivity contribution < 1.29 is 5.11 Å². The van der Waals surface area contributed by atoms with Gasteiger partial charge in [-0.05, 0) is 34.7 Å². The van der Waals surface area contributed by atoms with Crippen LogP contribution in [0.4, 0.5) is 0 Å². The van der Waals surface area contributed by atoms with Crippen molar-refractivity contribution in [2.24, 2.45) is 0 Å². The van der Waals surface area contributed by atoms with E-state index in [1.165, 1.54) is 5.56 Å². The van der Waals surface area contributed by atoms with Crippen LogP contribution in [0, 0.1) is 0 Å². The Kier molecular flexibility index (Phi) is 5.09. The van der Waals surface area contributed by atoms with Gasteiger partial charge in [-0.2, -0.15) is 0 Å². The van der Waals surface area contributed by atoms with E-state index in [9.17, 15) is 5.11 Å². The third-order valence-electron chi connectivity index (χ3n) is 3.42. The van der Waals surface area contributed by atoms with E-state index in [0.29, 0.717) is 22.4 Å². The second kappa shape index (κ2) is 6.62. The van der Waals surface area contributed by atoms with Crippen molar-refractivity contribution >= 4 is 23.2 Å². The van der Waals surface area contributed by atoms with Crippen LogP contribution in [0.3, 0.4) is 0 Å². The lowest BCUT2D eigenvalue weighted by molar-refractivity contribution is 0.178. The lowest BCUT2D eigenvalue weighted by Crippen LogP contribution is -2.02. The molecule has 0 aliphatic carbocycles. The SMILES string of the molecule is CC(C)c1ccc(C(O)Cc2ccc(Cl)cc2Cl)cc1.